The van der Waals surface area contributed by atoms with Gasteiger partial charge in [0.05, 0.1) is 40.8 Å². The van der Waals surface area contributed by atoms with Crippen LogP contribution in [0.5, 0.6) is 5.75 Å². The highest BCUT2D eigenvalue weighted by Gasteiger charge is 2.56. The predicted molar refractivity (Wildman–Crippen MR) is 125 cm³/mol. The van der Waals surface area contributed by atoms with Gasteiger partial charge in [0.15, 0.2) is 5.82 Å². The summed E-state index contributed by atoms with van der Waals surface area (Å²) in [6, 6.07) is 12.6. The summed E-state index contributed by atoms with van der Waals surface area (Å²) in [7, 11) is -2.73. The summed E-state index contributed by atoms with van der Waals surface area (Å²) in [5.41, 5.74) is 0.109. The van der Waals surface area contributed by atoms with Crippen molar-refractivity contribution in [3.63, 3.8) is 0 Å². The smallest absolute Gasteiger partial charge is 0.392 e. The zero-order chi connectivity index (χ0) is 26.5. The number of nitrogens with one attached hydrogen (secondary N) is 1. The fourth-order valence-corrected chi connectivity index (χ4v) is 5.36. The lowest BCUT2D eigenvalue weighted by atomic mass is 10.0. The lowest BCUT2D eigenvalue weighted by Crippen LogP contribution is -2.19. The molecular weight excluding hydrogens is 513 g/mol. The van der Waals surface area contributed by atoms with E-state index in [9.17, 15) is 31.6 Å². The number of ether oxygens (including phenoxy) is 1. The van der Waals surface area contributed by atoms with Gasteiger partial charge in [-0.2, -0.15) is 18.4 Å². The van der Waals surface area contributed by atoms with Crippen molar-refractivity contribution >= 4 is 26.7 Å². The molecule has 0 aliphatic heterocycles. The molecule has 2 aromatic heterocycles. The van der Waals surface area contributed by atoms with Crippen molar-refractivity contribution in [2.45, 2.75) is 23.4 Å². The van der Waals surface area contributed by atoms with Crippen LogP contribution in [0.4, 0.5) is 19.0 Å². The summed E-state index contributed by atoms with van der Waals surface area (Å²) in [6.07, 6.45) is -3.30. The lowest BCUT2D eigenvalue weighted by molar-refractivity contribution is -0.148. The summed E-state index contributed by atoms with van der Waals surface area (Å²) in [5, 5.41) is 13.6. The Morgan fingerprint density at radius 2 is 1.97 bits per heavy atom. The summed E-state index contributed by atoms with van der Waals surface area (Å²) < 4.78 is 78.6. The highest BCUT2D eigenvalue weighted by molar-refractivity contribution is 7.92. The largest absolute Gasteiger partial charge is 0.495 e. The number of rotatable bonds is 6. The number of hydrogen-bond acceptors (Lipinski definition) is 7. The molecule has 0 spiro atoms. The summed E-state index contributed by atoms with van der Waals surface area (Å²) in [4.78, 5) is 12.8. The lowest BCUT2D eigenvalue weighted by Gasteiger charge is -2.17. The van der Waals surface area contributed by atoms with Gasteiger partial charge in [-0.3, -0.25) is 14.1 Å². The third-order valence-corrected chi connectivity index (χ3v) is 7.53. The van der Waals surface area contributed by atoms with Gasteiger partial charge in [0, 0.05) is 17.5 Å². The number of sulfonamides is 1. The average Bonchev–Trinajstić information content (AvgIpc) is 3.53. The van der Waals surface area contributed by atoms with Gasteiger partial charge in [0.2, 0.25) is 0 Å². The van der Waals surface area contributed by atoms with Crippen LogP contribution in [0.1, 0.15) is 23.5 Å². The minimum atomic E-state index is -4.38. The fraction of sp³-hybridized carbons (Fsp3) is 0.208. The molecule has 190 valence electrons. The van der Waals surface area contributed by atoms with Crippen LogP contribution in [0.15, 0.2) is 69.0 Å². The number of halogens is 3. The van der Waals surface area contributed by atoms with E-state index in [4.69, 9.17) is 4.74 Å². The number of alkyl halides is 3. The standard InChI is InChI=1S/C24H17F3N4O5S/c1-35-21-11-16(17-10-18(17)24(25,26)27)14(12-28)9-20(21)31-19-4-3-15(8-13(19)2-5-23(31)32)37(33,34)30-22-6-7-36-29-22/h2-9,11,17-18H,10H2,1H3,(H,29,30)/t17-,18+/m1/s1. The molecule has 2 aromatic carbocycles. The Balaban J connectivity index is 1.62. The van der Waals surface area contributed by atoms with Crippen LogP contribution >= 0.6 is 0 Å². The molecule has 37 heavy (non-hydrogen) atoms. The van der Waals surface area contributed by atoms with Crippen LogP contribution in [-0.2, 0) is 10.0 Å². The first-order chi connectivity index (χ1) is 17.5. The third-order valence-electron chi connectivity index (χ3n) is 6.18. The maximum absolute atomic E-state index is 13.2. The number of methoxy groups -OCH3 is 1. The monoisotopic (exact) mass is 530 g/mol. The summed E-state index contributed by atoms with van der Waals surface area (Å²) in [6.45, 7) is 0. The van der Waals surface area contributed by atoms with E-state index >= 15 is 0 Å². The van der Waals surface area contributed by atoms with E-state index in [-0.39, 0.29) is 39.7 Å². The third kappa shape index (κ3) is 4.40. The van der Waals surface area contributed by atoms with Crippen molar-refractivity contribution in [2.24, 2.45) is 5.92 Å². The van der Waals surface area contributed by atoms with Gasteiger partial charge in [-0.25, -0.2) is 8.42 Å². The highest BCUT2D eigenvalue weighted by Crippen LogP contribution is 2.57. The van der Waals surface area contributed by atoms with Crippen molar-refractivity contribution in [1.29, 1.82) is 5.26 Å². The van der Waals surface area contributed by atoms with Gasteiger partial charge in [-0.15, -0.1) is 0 Å². The minimum absolute atomic E-state index is 0.00698. The summed E-state index contributed by atoms with van der Waals surface area (Å²) >= 11 is 0. The first-order valence-electron chi connectivity index (χ1n) is 10.8. The van der Waals surface area contributed by atoms with Gasteiger partial charge in [0.25, 0.3) is 15.6 Å². The van der Waals surface area contributed by atoms with Gasteiger partial charge in [-0.05, 0) is 54.3 Å². The number of pyridine rings is 1. The van der Waals surface area contributed by atoms with Crippen LogP contribution in [0, 0.1) is 17.2 Å². The van der Waals surface area contributed by atoms with Crippen molar-refractivity contribution < 1.29 is 30.8 Å². The van der Waals surface area contributed by atoms with E-state index in [1.54, 1.807) is 0 Å². The normalized spacial score (nSPS) is 17.4. The topological polar surface area (TPSA) is 127 Å². The quantitative estimate of drug-likeness (QED) is 0.393. The molecule has 0 amide bonds. The number of fused-ring (bicyclic) bond motifs is 1. The Bertz CT molecular complexity index is 1720. The Morgan fingerprint density at radius 1 is 1.19 bits per heavy atom. The molecule has 0 saturated heterocycles. The maximum atomic E-state index is 13.2. The average molecular weight is 530 g/mol. The van der Waals surface area contributed by atoms with Crippen LogP contribution in [0.3, 0.4) is 0 Å². The predicted octanol–water partition coefficient (Wildman–Crippen LogP) is 4.33. The Morgan fingerprint density at radius 3 is 2.59 bits per heavy atom. The second-order valence-corrected chi connectivity index (χ2v) is 10.1. The number of nitrogens with zero attached hydrogens (tertiary/aromatic N) is 3. The first-order valence-corrected chi connectivity index (χ1v) is 12.3. The van der Waals surface area contributed by atoms with Gasteiger partial charge in [0.1, 0.15) is 12.0 Å². The van der Waals surface area contributed by atoms with Crippen molar-refractivity contribution in [3.8, 4) is 17.5 Å². The van der Waals surface area contributed by atoms with Crippen LogP contribution in [0.25, 0.3) is 16.6 Å². The molecule has 13 heteroatoms. The number of aromatic nitrogens is 2. The second kappa shape index (κ2) is 8.67. The number of hydrogen-bond donors (Lipinski definition) is 1. The number of nitriles is 1. The number of benzene rings is 2. The molecule has 1 N–H and O–H groups in total. The molecule has 1 fully saturated rings. The molecule has 0 radical (unpaired) electrons. The first kappa shape index (κ1) is 24.4. The molecule has 1 aliphatic rings. The molecule has 0 bridgehead atoms. The van der Waals surface area contributed by atoms with Gasteiger partial charge in [-0.1, -0.05) is 5.16 Å². The van der Waals surface area contributed by atoms with Crippen LogP contribution in [0.2, 0.25) is 0 Å². The molecule has 2 atom stereocenters. The molecule has 5 rings (SSSR count). The zero-order valence-electron chi connectivity index (χ0n) is 19.0. The van der Waals surface area contributed by atoms with E-state index in [2.05, 4.69) is 14.4 Å². The zero-order valence-corrected chi connectivity index (χ0v) is 19.8. The van der Waals surface area contributed by atoms with Crippen molar-refractivity contribution in [2.75, 3.05) is 11.8 Å². The Kier molecular flexibility index (Phi) is 5.71. The minimum Gasteiger partial charge on any atom is -0.495 e. The van der Waals surface area contributed by atoms with Crippen LogP contribution in [-0.4, -0.2) is 31.4 Å². The fourth-order valence-electron chi connectivity index (χ4n) is 4.33. The molecule has 0 unspecified atom stereocenters. The summed E-state index contributed by atoms with van der Waals surface area (Å²) in [5.74, 6) is -2.32. The SMILES string of the molecule is COc1cc([C@H]2C[C@@H]2C(F)(F)F)c(C#N)cc1-n1c(=O)ccc2cc(S(=O)(=O)Nc3ccon3)ccc21. The van der Waals surface area contributed by atoms with Crippen molar-refractivity contribution in [3.05, 3.63) is 76.3 Å². The molecular formula is C24H17F3N4O5S. The molecule has 4 aromatic rings. The number of anilines is 1. The molecule has 2 heterocycles. The highest BCUT2D eigenvalue weighted by atomic mass is 32.2. The Labute approximate surface area is 207 Å². The molecule has 1 saturated carbocycles. The van der Waals surface area contributed by atoms with Crippen molar-refractivity contribution in [1.82, 2.24) is 9.72 Å². The van der Waals surface area contributed by atoms with E-state index in [0.717, 1.165) is 0 Å². The van der Waals surface area contributed by atoms with Gasteiger partial charge >= 0.3 is 6.18 Å². The van der Waals surface area contributed by atoms with Gasteiger partial charge < -0.3 is 9.26 Å². The van der Waals surface area contributed by atoms with E-state index < -0.39 is 33.6 Å². The molecule has 9 nitrogen and oxygen atoms in total. The van der Waals surface area contributed by atoms with E-state index in [0.29, 0.717) is 10.9 Å². The maximum Gasteiger partial charge on any atom is 0.392 e. The van der Waals surface area contributed by atoms with Crippen LogP contribution < -0.4 is 15.0 Å². The second-order valence-electron chi connectivity index (χ2n) is 8.43. The van der Waals surface area contributed by atoms with E-state index in [1.165, 1.54) is 66.5 Å². The molecule has 1 aliphatic carbocycles. The Hall–Kier alpha value is -4.31. The van der Waals surface area contributed by atoms with E-state index in [1.807, 2.05) is 6.07 Å².